The quantitative estimate of drug-likeness (QED) is 0.463. The molecule has 0 fully saturated rings. The summed E-state index contributed by atoms with van der Waals surface area (Å²) in [6, 6.07) is 24.7. The molecule has 0 N–H and O–H groups in total. The van der Waals surface area contributed by atoms with Gasteiger partial charge in [0.05, 0.1) is 0 Å². The summed E-state index contributed by atoms with van der Waals surface area (Å²) in [5, 5.41) is -0.578. The molecule has 5 heteroatoms. The third kappa shape index (κ3) is 2.78. The zero-order chi connectivity index (χ0) is 16.5. The van der Waals surface area contributed by atoms with Crippen LogP contribution in [0, 0.1) is 0 Å². The Hall–Kier alpha value is -0.750. The van der Waals surface area contributed by atoms with Crippen LogP contribution in [-0.4, -0.2) is 0 Å². The summed E-state index contributed by atoms with van der Waals surface area (Å²) >= 11 is 27.3. The van der Waals surface area contributed by atoms with E-state index in [1.54, 1.807) is 6.07 Å². The van der Waals surface area contributed by atoms with E-state index in [0.717, 1.165) is 10.6 Å². The molecule has 0 atom stereocenters. The van der Waals surface area contributed by atoms with Crippen molar-refractivity contribution in [3.05, 3.63) is 88.9 Å². The SMILES string of the molecule is Clc1cccc(P(Cl)(Cl)(c2ccccc2)c2ccccc2)c1Cl. The molecule has 0 unspecified atom stereocenters. The van der Waals surface area contributed by atoms with Crippen molar-refractivity contribution in [3.63, 3.8) is 0 Å². The molecule has 0 aliphatic rings. The van der Waals surface area contributed by atoms with Gasteiger partial charge in [0.1, 0.15) is 0 Å². The zero-order valence-electron chi connectivity index (χ0n) is 12.0. The standard InChI is InChI=1S/C18H13Cl4P/c19-16-12-7-13-17(18(16)20)23(21,22,14-8-3-1-4-9-14)15-10-5-2-6-11-15/h1-13H. The monoisotopic (exact) mass is 400 g/mol. The van der Waals surface area contributed by atoms with E-state index in [-0.39, 0.29) is 0 Å². The molecule has 3 rings (SSSR count). The van der Waals surface area contributed by atoms with E-state index in [2.05, 4.69) is 0 Å². The normalized spacial score (nSPS) is 13.3. The van der Waals surface area contributed by atoms with Crippen LogP contribution in [0.5, 0.6) is 0 Å². The van der Waals surface area contributed by atoms with Gasteiger partial charge in [-0.3, -0.25) is 0 Å². The number of rotatable bonds is 3. The van der Waals surface area contributed by atoms with Crippen molar-refractivity contribution in [2.45, 2.75) is 0 Å². The molecule has 0 aliphatic carbocycles. The van der Waals surface area contributed by atoms with Gasteiger partial charge < -0.3 is 0 Å². The summed E-state index contributed by atoms with van der Waals surface area (Å²) in [5.74, 6) is 0. The predicted molar refractivity (Wildman–Crippen MR) is 107 cm³/mol. The second-order valence-corrected chi connectivity index (χ2v) is 13.8. The van der Waals surface area contributed by atoms with Gasteiger partial charge in [0.15, 0.2) is 0 Å². The molecule has 0 radical (unpaired) electrons. The van der Waals surface area contributed by atoms with Crippen molar-refractivity contribution in [2.24, 2.45) is 0 Å². The Kier molecular flexibility index (Phi) is 4.67. The van der Waals surface area contributed by atoms with Gasteiger partial charge in [-0.05, 0) is 0 Å². The van der Waals surface area contributed by atoms with Crippen LogP contribution < -0.4 is 15.9 Å². The topological polar surface area (TPSA) is 0 Å². The fourth-order valence-electron chi connectivity index (χ4n) is 2.60. The van der Waals surface area contributed by atoms with E-state index >= 15 is 0 Å². The van der Waals surface area contributed by atoms with Crippen LogP contribution in [0.15, 0.2) is 78.9 Å². The molecule has 0 saturated carbocycles. The van der Waals surface area contributed by atoms with E-state index in [1.807, 2.05) is 72.8 Å². The summed E-state index contributed by atoms with van der Waals surface area (Å²) < 4.78 is 0. The molecule has 0 spiro atoms. The molecule has 0 aromatic heterocycles. The summed E-state index contributed by atoms with van der Waals surface area (Å²) in [6.07, 6.45) is 0. The van der Waals surface area contributed by atoms with Crippen LogP contribution in [0.3, 0.4) is 0 Å². The van der Waals surface area contributed by atoms with Gasteiger partial charge in [0, 0.05) is 0 Å². The Labute approximate surface area is 155 Å². The first-order valence-corrected chi connectivity index (χ1v) is 11.8. The number of hydrogen-bond donors (Lipinski definition) is 0. The van der Waals surface area contributed by atoms with Gasteiger partial charge >= 0.3 is 156 Å². The molecule has 23 heavy (non-hydrogen) atoms. The first-order valence-electron chi connectivity index (χ1n) is 6.95. The molecule has 0 heterocycles. The summed E-state index contributed by atoms with van der Waals surface area (Å²) in [4.78, 5) is 0. The summed E-state index contributed by atoms with van der Waals surface area (Å²) in [7, 11) is 0. The Morgan fingerprint density at radius 1 is 0.565 bits per heavy atom. The maximum absolute atomic E-state index is 7.30. The van der Waals surface area contributed by atoms with Crippen LogP contribution in [0.25, 0.3) is 0 Å². The van der Waals surface area contributed by atoms with Gasteiger partial charge in [-0.2, -0.15) is 0 Å². The van der Waals surface area contributed by atoms with Crippen LogP contribution in [-0.2, 0) is 0 Å². The minimum atomic E-state index is -3.73. The van der Waals surface area contributed by atoms with Crippen LogP contribution in [0.1, 0.15) is 0 Å². The number of benzene rings is 3. The molecule has 0 amide bonds. The Bertz CT molecular complexity index is 789. The van der Waals surface area contributed by atoms with E-state index in [1.165, 1.54) is 0 Å². The van der Waals surface area contributed by atoms with Gasteiger partial charge in [-0.25, -0.2) is 0 Å². The van der Waals surface area contributed by atoms with E-state index < -0.39 is 5.31 Å². The van der Waals surface area contributed by atoms with E-state index in [9.17, 15) is 0 Å². The van der Waals surface area contributed by atoms with Crippen molar-refractivity contribution in [2.75, 3.05) is 0 Å². The van der Waals surface area contributed by atoms with Crippen LogP contribution >= 0.6 is 51.0 Å². The molecular formula is C18H13Cl4P. The second kappa shape index (κ2) is 6.28. The molecular weight excluding hydrogens is 389 g/mol. The fourth-order valence-corrected chi connectivity index (χ4v) is 8.99. The molecule has 3 aromatic rings. The fraction of sp³-hybridized carbons (Fsp3) is 0. The first kappa shape index (κ1) is 17.1. The number of halogens is 4. The van der Waals surface area contributed by atoms with Crippen LogP contribution in [0.4, 0.5) is 0 Å². The average molecular weight is 402 g/mol. The predicted octanol–water partition coefficient (Wildman–Crippen LogP) is 6.13. The third-order valence-corrected chi connectivity index (χ3v) is 11.8. The summed E-state index contributed by atoms with van der Waals surface area (Å²) in [6.45, 7) is 0. The Morgan fingerprint density at radius 3 is 1.52 bits per heavy atom. The minimum absolute atomic E-state index is 0.393. The van der Waals surface area contributed by atoms with Gasteiger partial charge in [-0.1, -0.05) is 0 Å². The van der Waals surface area contributed by atoms with Crippen molar-refractivity contribution in [3.8, 4) is 0 Å². The molecule has 0 bridgehead atoms. The second-order valence-electron chi connectivity index (χ2n) is 5.15. The van der Waals surface area contributed by atoms with Gasteiger partial charge in [0.25, 0.3) is 0 Å². The Morgan fingerprint density at radius 2 is 1.04 bits per heavy atom. The molecule has 0 saturated heterocycles. The van der Waals surface area contributed by atoms with Crippen molar-refractivity contribution >= 4 is 66.9 Å². The van der Waals surface area contributed by atoms with Gasteiger partial charge in [0.2, 0.25) is 0 Å². The van der Waals surface area contributed by atoms with Crippen molar-refractivity contribution in [1.29, 1.82) is 0 Å². The van der Waals surface area contributed by atoms with E-state index in [4.69, 9.17) is 45.7 Å². The van der Waals surface area contributed by atoms with Crippen molar-refractivity contribution in [1.82, 2.24) is 0 Å². The molecule has 0 aliphatic heterocycles. The molecule has 0 nitrogen and oxygen atoms in total. The van der Waals surface area contributed by atoms with Crippen LogP contribution in [0.2, 0.25) is 10.0 Å². The van der Waals surface area contributed by atoms with Gasteiger partial charge in [-0.15, -0.1) is 0 Å². The average Bonchev–Trinajstić information content (AvgIpc) is 2.59. The zero-order valence-corrected chi connectivity index (χ0v) is 15.9. The van der Waals surface area contributed by atoms with Crippen molar-refractivity contribution < 1.29 is 0 Å². The molecule has 118 valence electrons. The maximum atomic E-state index is 7.30. The number of hydrogen-bond acceptors (Lipinski definition) is 0. The first-order chi connectivity index (χ1) is 10.9. The third-order valence-electron chi connectivity index (χ3n) is 3.77. The Balaban J connectivity index is 2.43. The molecule has 3 aromatic carbocycles. The summed E-state index contributed by atoms with van der Waals surface area (Å²) in [5.41, 5.74) is 0. The van der Waals surface area contributed by atoms with E-state index in [0.29, 0.717) is 15.3 Å².